The molecular weight excluding hydrogens is 410 g/mol. The summed E-state index contributed by atoms with van der Waals surface area (Å²) in [5, 5.41) is 3.14. The number of benzene rings is 1. The second kappa shape index (κ2) is 13.1. The number of aryl methyl sites for hydroxylation is 2. The van der Waals surface area contributed by atoms with E-state index in [4.69, 9.17) is 27.9 Å². The Labute approximate surface area is 185 Å². The number of nitrogens with zero attached hydrogens (tertiary/aromatic N) is 1. The SMILES string of the molecule is Cc1ccc(N(CCCl)CCCl)cc1CC[C@@H](CC(=O)OC(C)(C)C)NBC=O. The summed E-state index contributed by atoms with van der Waals surface area (Å²) in [4.78, 5) is 25.2. The Bertz CT molecular complexity index is 647. The molecule has 1 atom stereocenters. The summed E-state index contributed by atoms with van der Waals surface area (Å²) in [6.07, 6.45) is 2.55. The molecule has 0 aromatic heterocycles. The van der Waals surface area contributed by atoms with Crippen LogP contribution in [0.2, 0.25) is 0 Å². The Kier molecular flexibility index (Phi) is 11.7. The van der Waals surface area contributed by atoms with Gasteiger partial charge in [-0.1, -0.05) is 6.07 Å². The van der Waals surface area contributed by atoms with Crippen LogP contribution in [-0.4, -0.2) is 56.1 Å². The minimum Gasteiger partial charge on any atom is -0.460 e. The number of ether oxygens (including phenoxy) is 1. The zero-order valence-electron chi connectivity index (χ0n) is 18.0. The topological polar surface area (TPSA) is 58.6 Å². The van der Waals surface area contributed by atoms with E-state index in [0.29, 0.717) is 11.8 Å². The molecule has 0 amide bonds. The van der Waals surface area contributed by atoms with Crippen molar-refractivity contribution in [1.29, 1.82) is 0 Å². The Morgan fingerprint density at radius 3 is 2.48 bits per heavy atom. The van der Waals surface area contributed by atoms with Crippen molar-refractivity contribution in [2.75, 3.05) is 29.7 Å². The van der Waals surface area contributed by atoms with Crippen LogP contribution in [-0.2, 0) is 20.7 Å². The fourth-order valence-corrected chi connectivity index (χ4v) is 3.51. The molecule has 0 aliphatic rings. The van der Waals surface area contributed by atoms with E-state index in [-0.39, 0.29) is 25.8 Å². The summed E-state index contributed by atoms with van der Waals surface area (Å²) in [5.41, 5.74) is 2.97. The predicted octanol–water partition coefficient (Wildman–Crippen LogP) is 3.44. The summed E-state index contributed by atoms with van der Waals surface area (Å²) in [7, 11) is 0.214. The second-order valence-corrected chi connectivity index (χ2v) is 8.83. The van der Waals surface area contributed by atoms with Crippen molar-refractivity contribution >= 4 is 48.5 Å². The third-order valence-corrected chi connectivity index (χ3v) is 4.83. The molecular formula is C21H33BCl2N2O3. The summed E-state index contributed by atoms with van der Waals surface area (Å²) in [6, 6.07) is 6.22. The molecule has 1 rings (SSSR count). The van der Waals surface area contributed by atoms with Crippen LogP contribution >= 0.6 is 23.2 Å². The first-order chi connectivity index (χ1) is 13.7. The first-order valence-electron chi connectivity index (χ1n) is 10.1. The average molecular weight is 443 g/mol. The van der Waals surface area contributed by atoms with Crippen molar-refractivity contribution < 1.29 is 14.3 Å². The smallest absolute Gasteiger partial charge is 0.307 e. The molecule has 0 unspecified atom stereocenters. The fourth-order valence-electron chi connectivity index (χ4n) is 3.10. The van der Waals surface area contributed by atoms with E-state index in [1.54, 1.807) is 0 Å². The Morgan fingerprint density at radius 2 is 1.93 bits per heavy atom. The molecule has 162 valence electrons. The van der Waals surface area contributed by atoms with Crippen molar-refractivity contribution in [2.24, 2.45) is 0 Å². The van der Waals surface area contributed by atoms with E-state index in [1.165, 1.54) is 11.1 Å². The van der Waals surface area contributed by atoms with Crippen LogP contribution in [0.3, 0.4) is 0 Å². The van der Waals surface area contributed by atoms with E-state index in [0.717, 1.165) is 37.8 Å². The minimum absolute atomic E-state index is 0.125. The Hall–Kier alpha value is -1.24. The van der Waals surface area contributed by atoms with Gasteiger partial charge in [-0.2, -0.15) is 0 Å². The number of esters is 1. The van der Waals surface area contributed by atoms with Crippen molar-refractivity contribution in [3.8, 4) is 0 Å². The number of hydrogen-bond acceptors (Lipinski definition) is 5. The Morgan fingerprint density at radius 1 is 1.28 bits per heavy atom. The lowest BCUT2D eigenvalue weighted by atomic mass is 9.92. The van der Waals surface area contributed by atoms with Crippen molar-refractivity contribution in [3.63, 3.8) is 0 Å². The highest BCUT2D eigenvalue weighted by Crippen LogP contribution is 2.22. The molecule has 0 radical (unpaired) electrons. The van der Waals surface area contributed by atoms with E-state index in [1.807, 2.05) is 20.8 Å². The highest BCUT2D eigenvalue weighted by Gasteiger charge is 2.20. The van der Waals surface area contributed by atoms with Crippen molar-refractivity contribution in [3.05, 3.63) is 29.3 Å². The average Bonchev–Trinajstić information content (AvgIpc) is 2.63. The first kappa shape index (κ1) is 25.8. The molecule has 0 aliphatic heterocycles. The first-order valence-corrected chi connectivity index (χ1v) is 11.1. The summed E-state index contributed by atoms with van der Waals surface area (Å²) >= 11 is 11.9. The number of carbonyl (C=O) groups excluding carboxylic acids is 2. The number of nitrogens with one attached hydrogen (secondary N) is 1. The van der Waals surface area contributed by atoms with Crippen LogP contribution in [0.4, 0.5) is 5.69 Å². The van der Waals surface area contributed by atoms with Gasteiger partial charge in [-0.15, -0.1) is 23.2 Å². The lowest BCUT2D eigenvalue weighted by molar-refractivity contribution is -0.155. The van der Waals surface area contributed by atoms with Gasteiger partial charge in [0, 0.05) is 36.6 Å². The van der Waals surface area contributed by atoms with Crippen LogP contribution in [0.15, 0.2) is 18.2 Å². The third kappa shape index (κ3) is 10.4. The van der Waals surface area contributed by atoms with Gasteiger partial charge in [0.25, 0.3) is 7.41 Å². The molecule has 0 fully saturated rings. The molecule has 0 spiro atoms. The van der Waals surface area contributed by atoms with Gasteiger partial charge in [0.1, 0.15) is 5.60 Å². The summed E-state index contributed by atoms with van der Waals surface area (Å²) in [5.74, 6) is 0.809. The highest BCUT2D eigenvalue weighted by atomic mass is 35.5. The molecule has 0 bridgehead atoms. The monoisotopic (exact) mass is 442 g/mol. The van der Waals surface area contributed by atoms with Gasteiger partial charge < -0.3 is 19.7 Å². The molecule has 1 aromatic rings. The number of halogens is 2. The number of alkyl halides is 2. The van der Waals surface area contributed by atoms with E-state index in [2.05, 4.69) is 35.3 Å². The van der Waals surface area contributed by atoms with Gasteiger partial charge in [0.15, 0.2) is 0 Å². The van der Waals surface area contributed by atoms with Gasteiger partial charge >= 0.3 is 5.97 Å². The lowest BCUT2D eigenvalue weighted by Gasteiger charge is -2.25. The molecule has 1 N–H and O–H groups in total. The van der Waals surface area contributed by atoms with Gasteiger partial charge in [0.05, 0.1) is 12.6 Å². The molecule has 8 heteroatoms. The zero-order valence-corrected chi connectivity index (χ0v) is 19.5. The lowest BCUT2D eigenvalue weighted by Crippen LogP contribution is -2.37. The fraction of sp³-hybridized carbons (Fsp3) is 0.619. The second-order valence-electron chi connectivity index (χ2n) is 8.08. The van der Waals surface area contributed by atoms with Crippen LogP contribution in [0.25, 0.3) is 0 Å². The quantitative estimate of drug-likeness (QED) is 0.219. The van der Waals surface area contributed by atoms with Crippen LogP contribution in [0, 0.1) is 6.92 Å². The van der Waals surface area contributed by atoms with E-state index < -0.39 is 5.60 Å². The van der Waals surface area contributed by atoms with E-state index >= 15 is 0 Å². The third-order valence-electron chi connectivity index (χ3n) is 4.49. The van der Waals surface area contributed by atoms with Crippen LogP contribution in [0.1, 0.15) is 44.7 Å². The summed E-state index contributed by atoms with van der Waals surface area (Å²) < 4.78 is 5.43. The number of rotatable bonds is 13. The normalized spacial score (nSPS) is 12.3. The molecule has 1 aromatic carbocycles. The van der Waals surface area contributed by atoms with Crippen LogP contribution in [0.5, 0.6) is 0 Å². The molecule has 5 nitrogen and oxygen atoms in total. The highest BCUT2D eigenvalue weighted by molar-refractivity contribution is 6.64. The van der Waals surface area contributed by atoms with Crippen molar-refractivity contribution in [1.82, 2.24) is 5.23 Å². The zero-order chi connectivity index (χ0) is 21.9. The maximum absolute atomic E-state index is 12.2. The number of hydrogen-bond donors (Lipinski definition) is 1. The maximum Gasteiger partial charge on any atom is 0.307 e. The Balaban J connectivity index is 2.85. The van der Waals surface area contributed by atoms with Crippen molar-refractivity contribution in [2.45, 2.75) is 58.6 Å². The molecule has 0 heterocycles. The number of anilines is 1. The molecule has 0 saturated carbocycles. The van der Waals surface area contributed by atoms with Crippen LogP contribution < -0.4 is 10.1 Å². The molecule has 29 heavy (non-hydrogen) atoms. The van der Waals surface area contributed by atoms with E-state index in [9.17, 15) is 9.59 Å². The van der Waals surface area contributed by atoms with Gasteiger partial charge in [-0.05, 0) is 63.8 Å². The van der Waals surface area contributed by atoms with Gasteiger partial charge in [-0.25, -0.2) is 0 Å². The molecule has 0 saturated heterocycles. The standard InChI is InChI=1S/C21H33BCl2N2O3/c1-16-5-8-19(26(11-9-23)12-10-24)13-17(16)6-7-18(25-22-15-27)14-20(28)29-21(2,3)4/h5,8,13,15,18,22,25H,6-7,9-12,14H2,1-4H3/t18-/m0/s1. The molecule has 0 aliphatic carbocycles. The predicted molar refractivity (Wildman–Crippen MR) is 124 cm³/mol. The minimum atomic E-state index is -0.522. The number of carbonyl (C=O) groups is 2. The van der Waals surface area contributed by atoms with Gasteiger partial charge in [0.2, 0.25) is 0 Å². The maximum atomic E-state index is 12.2. The largest absolute Gasteiger partial charge is 0.460 e. The van der Waals surface area contributed by atoms with Gasteiger partial charge in [-0.3, -0.25) is 4.79 Å². The summed E-state index contributed by atoms with van der Waals surface area (Å²) in [6.45, 7) is 9.09.